The van der Waals surface area contributed by atoms with Crippen LogP contribution in [0.4, 0.5) is 0 Å². The van der Waals surface area contributed by atoms with Gasteiger partial charge >= 0.3 is 7.82 Å². The van der Waals surface area contributed by atoms with Crippen molar-refractivity contribution < 1.29 is 33.8 Å². The lowest BCUT2D eigenvalue weighted by Gasteiger charge is -2.06. The Balaban J connectivity index is 0.000000486. The van der Waals surface area contributed by atoms with Crippen molar-refractivity contribution >= 4 is 7.82 Å². The van der Waals surface area contributed by atoms with Crippen LogP contribution in [0.2, 0.25) is 0 Å². The van der Waals surface area contributed by atoms with E-state index in [1.54, 1.807) is 24.3 Å². The molecule has 1 rings (SSSR count). The van der Waals surface area contributed by atoms with Gasteiger partial charge in [-0.2, -0.15) is 0 Å². The molecule has 9 heteroatoms. The number of phosphoric ester groups is 1. The number of nitrogens with one attached hydrogen (secondary N) is 1. The summed E-state index contributed by atoms with van der Waals surface area (Å²) in [6.07, 6.45) is 0. The van der Waals surface area contributed by atoms with Gasteiger partial charge in [-0.15, -0.1) is 0 Å². The van der Waals surface area contributed by atoms with Crippen LogP contribution in [0, 0.1) is 0 Å². The summed E-state index contributed by atoms with van der Waals surface area (Å²) in [6.45, 7) is 1.38. The fraction of sp³-hybridized carbons (Fsp3) is 0.500. The zero-order valence-corrected chi connectivity index (χ0v) is 12.5. The molecule has 0 aliphatic heterocycles. The number of ether oxygens (including phenoxy) is 1. The smallest absolute Gasteiger partial charge is 0.469 e. The minimum absolute atomic E-state index is 0.106. The van der Waals surface area contributed by atoms with Crippen LogP contribution in [0.25, 0.3) is 0 Å². The van der Waals surface area contributed by atoms with Gasteiger partial charge in [0, 0.05) is 13.1 Å². The zero-order valence-electron chi connectivity index (χ0n) is 11.6. The Kier molecular flexibility index (Phi) is 12.1. The fourth-order valence-electron chi connectivity index (χ4n) is 1.12. The number of hydrogen-bond donors (Lipinski definition) is 5. The molecule has 21 heavy (non-hydrogen) atoms. The highest BCUT2D eigenvalue weighted by molar-refractivity contribution is 7.46. The van der Waals surface area contributed by atoms with Crippen LogP contribution in [0.5, 0.6) is 5.75 Å². The van der Waals surface area contributed by atoms with Crippen molar-refractivity contribution in [1.82, 2.24) is 5.32 Å². The third kappa shape index (κ3) is 15.2. The standard InChI is InChI=1S/C8H11O5P.C4H11NO2/c9-14(10,11)13-7-6-12-8-4-2-1-3-5-8;6-3-1-5-2-4-7/h1-5H,6-7H2,(H2,9,10,11);5-7H,1-4H2. The highest BCUT2D eigenvalue weighted by Gasteiger charge is 2.12. The molecule has 122 valence electrons. The summed E-state index contributed by atoms with van der Waals surface area (Å²) in [6, 6.07) is 8.95. The second-order valence-corrected chi connectivity index (χ2v) is 4.92. The van der Waals surface area contributed by atoms with Crippen LogP contribution < -0.4 is 10.1 Å². The second kappa shape index (κ2) is 12.7. The maximum absolute atomic E-state index is 10.3. The van der Waals surface area contributed by atoms with E-state index in [4.69, 9.17) is 24.7 Å². The Morgan fingerprint density at radius 1 is 1.00 bits per heavy atom. The van der Waals surface area contributed by atoms with Crippen molar-refractivity contribution in [1.29, 1.82) is 0 Å². The first kappa shape index (κ1) is 20.0. The van der Waals surface area contributed by atoms with E-state index in [-0.39, 0.29) is 26.4 Å². The van der Waals surface area contributed by atoms with Gasteiger partial charge in [-0.25, -0.2) is 4.57 Å². The number of rotatable bonds is 9. The summed E-state index contributed by atoms with van der Waals surface area (Å²) in [5.74, 6) is 0.641. The number of benzene rings is 1. The molecule has 0 radical (unpaired) electrons. The van der Waals surface area contributed by atoms with Gasteiger partial charge in [0.05, 0.1) is 19.8 Å². The predicted octanol–water partition coefficient (Wildman–Crippen LogP) is -0.265. The molecule has 0 bridgehead atoms. The third-order valence-electron chi connectivity index (χ3n) is 1.93. The van der Waals surface area contributed by atoms with E-state index >= 15 is 0 Å². The average Bonchev–Trinajstić information content (AvgIpc) is 2.45. The van der Waals surface area contributed by atoms with Gasteiger partial charge in [0.25, 0.3) is 0 Å². The van der Waals surface area contributed by atoms with Crippen LogP contribution in [-0.4, -0.2) is 59.5 Å². The van der Waals surface area contributed by atoms with Gasteiger partial charge in [0.2, 0.25) is 0 Å². The Bertz CT molecular complexity index is 380. The summed E-state index contributed by atoms with van der Waals surface area (Å²) in [4.78, 5) is 16.7. The maximum Gasteiger partial charge on any atom is 0.469 e. The molecule has 0 saturated heterocycles. The summed E-state index contributed by atoms with van der Waals surface area (Å²) in [5, 5.41) is 19.1. The monoisotopic (exact) mass is 323 g/mol. The van der Waals surface area contributed by atoms with Gasteiger partial charge in [-0.3, -0.25) is 4.52 Å². The van der Waals surface area contributed by atoms with Crippen LogP contribution in [0.15, 0.2) is 30.3 Å². The topological polar surface area (TPSA) is 128 Å². The molecular weight excluding hydrogens is 301 g/mol. The molecule has 0 saturated carbocycles. The number of para-hydroxylation sites is 1. The van der Waals surface area contributed by atoms with Gasteiger partial charge in [0.15, 0.2) is 0 Å². The number of aliphatic hydroxyl groups is 2. The number of aliphatic hydroxyl groups excluding tert-OH is 2. The molecular formula is C12H22NO7P. The SMILES string of the molecule is O=P(O)(O)OCCOc1ccccc1.OCCNCCO. The van der Waals surface area contributed by atoms with Crippen molar-refractivity contribution in [2.24, 2.45) is 0 Å². The molecule has 5 N–H and O–H groups in total. The normalized spacial score (nSPS) is 10.7. The Morgan fingerprint density at radius 3 is 2.05 bits per heavy atom. The molecule has 0 aliphatic rings. The molecule has 0 aromatic heterocycles. The first-order valence-electron chi connectivity index (χ1n) is 6.30. The van der Waals surface area contributed by atoms with Crippen molar-refractivity contribution in [3.63, 3.8) is 0 Å². The molecule has 0 atom stereocenters. The number of hydrogen-bond acceptors (Lipinski definition) is 6. The van der Waals surface area contributed by atoms with Crippen LogP contribution in [-0.2, 0) is 9.09 Å². The lowest BCUT2D eigenvalue weighted by molar-refractivity contribution is 0.160. The van der Waals surface area contributed by atoms with E-state index in [1.807, 2.05) is 6.07 Å². The van der Waals surface area contributed by atoms with Crippen molar-refractivity contribution in [2.45, 2.75) is 0 Å². The molecule has 0 fully saturated rings. The minimum Gasteiger partial charge on any atom is -0.491 e. The first-order chi connectivity index (χ1) is 9.99. The molecule has 0 amide bonds. The molecule has 0 spiro atoms. The largest absolute Gasteiger partial charge is 0.491 e. The Hall–Kier alpha value is -0.990. The van der Waals surface area contributed by atoms with E-state index in [1.165, 1.54) is 0 Å². The highest BCUT2D eigenvalue weighted by Crippen LogP contribution is 2.35. The van der Waals surface area contributed by atoms with Gasteiger partial charge in [0.1, 0.15) is 12.4 Å². The van der Waals surface area contributed by atoms with Gasteiger partial charge in [-0.1, -0.05) is 18.2 Å². The van der Waals surface area contributed by atoms with E-state index in [2.05, 4.69) is 9.84 Å². The van der Waals surface area contributed by atoms with E-state index in [0.29, 0.717) is 18.8 Å². The van der Waals surface area contributed by atoms with E-state index in [9.17, 15) is 4.57 Å². The van der Waals surface area contributed by atoms with Crippen molar-refractivity contribution in [3.05, 3.63) is 30.3 Å². The highest BCUT2D eigenvalue weighted by atomic mass is 31.2. The molecule has 8 nitrogen and oxygen atoms in total. The van der Waals surface area contributed by atoms with Crippen molar-refractivity contribution in [2.75, 3.05) is 39.5 Å². The second-order valence-electron chi connectivity index (χ2n) is 3.68. The average molecular weight is 323 g/mol. The van der Waals surface area contributed by atoms with Crippen LogP contribution in [0.3, 0.4) is 0 Å². The van der Waals surface area contributed by atoms with Crippen LogP contribution >= 0.6 is 7.82 Å². The van der Waals surface area contributed by atoms with Crippen molar-refractivity contribution in [3.8, 4) is 5.75 Å². The van der Waals surface area contributed by atoms with Crippen LogP contribution in [0.1, 0.15) is 0 Å². The lowest BCUT2D eigenvalue weighted by atomic mass is 10.3. The summed E-state index contributed by atoms with van der Waals surface area (Å²) < 4.78 is 19.6. The summed E-state index contributed by atoms with van der Waals surface area (Å²) in [5.41, 5.74) is 0. The van der Waals surface area contributed by atoms with E-state index < -0.39 is 7.82 Å². The van der Waals surface area contributed by atoms with Gasteiger partial charge in [-0.05, 0) is 12.1 Å². The zero-order chi connectivity index (χ0) is 16.0. The van der Waals surface area contributed by atoms with Gasteiger partial charge < -0.3 is 30.1 Å². The maximum atomic E-state index is 10.3. The molecule has 0 unspecified atom stereocenters. The fourth-order valence-corrected chi connectivity index (χ4v) is 1.43. The summed E-state index contributed by atoms with van der Waals surface area (Å²) in [7, 11) is -4.37. The lowest BCUT2D eigenvalue weighted by Crippen LogP contribution is -2.21. The first-order valence-corrected chi connectivity index (χ1v) is 7.83. The molecule has 1 aromatic rings. The molecule has 0 aliphatic carbocycles. The molecule has 1 aromatic carbocycles. The minimum atomic E-state index is -4.37. The quantitative estimate of drug-likeness (QED) is 0.310. The van der Waals surface area contributed by atoms with E-state index in [0.717, 1.165) is 0 Å². The number of phosphoric acid groups is 1. The predicted molar refractivity (Wildman–Crippen MR) is 77.0 cm³/mol. The summed E-state index contributed by atoms with van der Waals surface area (Å²) >= 11 is 0. The Morgan fingerprint density at radius 2 is 1.57 bits per heavy atom. The third-order valence-corrected chi connectivity index (χ3v) is 2.45. The Labute approximate surface area is 123 Å². The molecule has 0 heterocycles.